The molecule has 0 unspecified atom stereocenters. The number of rotatable bonds is 6. The van der Waals surface area contributed by atoms with Gasteiger partial charge in [0.15, 0.2) is 0 Å². The number of nitrogens with one attached hydrogen (secondary N) is 1. The molecular weight excluding hydrogens is 232 g/mol. The van der Waals surface area contributed by atoms with Gasteiger partial charge in [-0.1, -0.05) is 24.6 Å². The zero-order chi connectivity index (χ0) is 12.3. The fourth-order valence-corrected chi connectivity index (χ4v) is 2.44. The minimum absolute atomic E-state index is 0.740. The molecule has 2 nitrogen and oxygen atoms in total. The summed E-state index contributed by atoms with van der Waals surface area (Å²) in [4.78, 5) is 2.53. The van der Waals surface area contributed by atoms with Crippen molar-refractivity contribution in [3.63, 3.8) is 0 Å². The molecule has 1 aromatic rings. The van der Waals surface area contributed by atoms with Crippen LogP contribution in [0, 0.1) is 0 Å². The first-order chi connectivity index (χ1) is 8.26. The first-order valence-electron chi connectivity index (χ1n) is 6.46. The zero-order valence-electron chi connectivity index (χ0n) is 10.7. The van der Waals surface area contributed by atoms with E-state index in [0.717, 1.165) is 24.2 Å². The molecule has 0 aliphatic heterocycles. The molecule has 0 atom stereocenters. The quantitative estimate of drug-likeness (QED) is 0.835. The van der Waals surface area contributed by atoms with E-state index in [-0.39, 0.29) is 0 Å². The van der Waals surface area contributed by atoms with E-state index in [9.17, 15) is 0 Å². The third-order valence-corrected chi connectivity index (χ3v) is 3.41. The van der Waals surface area contributed by atoms with Gasteiger partial charge in [-0.05, 0) is 44.0 Å². The molecule has 1 aliphatic rings. The smallest absolute Gasteiger partial charge is 0.0429 e. The normalized spacial score (nSPS) is 15.0. The van der Waals surface area contributed by atoms with Gasteiger partial charge >= 0.3 is 0 Å². The van der Waals surface area contributed by atoms with Crippen LogP contribution in [0.2, 0.25) is 5.02 Å². The van der Waals surface area contributed by atoms with Crippen molar-refractivity contribution in [1.82, 2.24) is 5.32 Å². The van der Waals surface area contributed by atoms with Crippen LogP contribution in [-0.2, 0) is 6.54 Å². The summed E-state index contributed by atoms with van der Waals surface area (Å²) in [5.74, 6) is 0. The van der Waals surface area contributed by atoms with Gasteiger partial charge in [0.1, 0.15) is 0 Å². The number of benzene rings is 1. The number of anilines is 1. The Morgan fingerprint density at radius 1 is 1.41 bits per heavy atom. The second-order valence-electron chi connectivity index (χ2n) is 4.73. The van der Waals surface area contributed by atoms with Crippen molar-refractivity contribution in [2.75, 3.05) is 18.5 Å². The second-order valence-corrected chi connectivity index (χ2v) is 5.16. The molecule has 3 heteroatoms. The standard InChI is InChI=1S/C14H21ClN2/c1-3-8-17(13-6-7-13)14-9-12(15)5-4-11(14)10-16-2/h4-5,9,13,16H,3,6-8,10H2,1-2H3. The van der Waals surface area contributed by atoms with Crippen molar-refractivity contribution in [3.05, 3.63) is 28.8 Å². The summed E-state index contributed by atoms with van der Waals surface area (Å²) >= 11 is 6.14. The summed E-state index contributed by atoms with van der Waals surface area (Å²) in [6.45, 7) is 4.26. The van der Waals surface area contributed by atoms with Gasteiger partial charge < -0.3 is 10.2 Å². The van der Waals surface area contributed by atoms with Crippen LogP contribution in [0.25, 0.3) is 0 Å². The lowest BCUT2D eigenvalue weighted by molar-refractivity contribution is 0.745. The topological polar surface area (TPSA) is 15.3 Å². The summed E-state index contributed by atoms with van der Waals surface area (Å²) < 4.78 is 0. The highest BCUT2D eigenvalue weighted by molar-refractivity contribution is 6.30. The maximum atomic E-state index is 6.14. The Kier molecular flexibility index (Phi) is 4.30. The number of nitrogens with zero attached hydrogens (tertiary/aromatic N) is 1. The lowest BCUT2D eigenvalue weighted by Gasteiger charge is -2.27. The molecule has 94 valence electrons. The van der Waals surface area contributed by atoms with E-state index in [2.05, 4.69) is 29.3 Å². The van der Waals surface area contributed by atoms with Crippen LogP contribution in [0.15, 0.2) is 18.2 Å². The van der Waals surface area contributed by atoms with E-state index in [1.807, 2.05) is 13.1 Å². The summed E-state index contributed by atoms with van der Waals surface area (Å²) in [6.07, 6.45) is 3.83. The highest BCUT2D eigenvalue weighted by Gasteiger charge is 2.29. The van der Waals surface area contributed by atoms with E-state index < -0.39 is 0 Å². The predicted molar refractivity (Wildman–Crippen MR) is 74.9 cm³/mol. The summed E-state index contributed by atoms with van der Waals surface area (Å²) in [7, 11) is 1.99. The van der Waals surface area contributed by atoms with Crippen LogP contribution in [0.4, 0.5) is 5.69 Å². The molecule has 1 aromatic carbocycles. The molecule has 0 spiro atoms. The molecule has 1 aliphatic carbocycles. The molecule has 0 heterocycles. The van der Waals surface area contributed by atoms with Gasteiger partial charge in [0.05, 0.1) is 0 Å². The van der Waals surface area contributed by atoms with Crippen molar-refractivity contribution in [1.29, 1.82) is 0 Å². The molecule has 0 bridgehead atoms. The molecule has 17 heavy (non-hydrogen) atoms. The fraction of sp³-hybridized carbons (Fsp3) is 0.571. The molecule has 1 N–H and O–H groups in total. The minimum atomic E-state index is 0.740. The average Bonchev–Trinajstić information content (AvgIpc) is 3.13. The summed E-state index contributed by atoms with van der Waals surface area (Å²) in [6, 6.07) is 6.97. The SMILES string of the molecule is CCCN(c1cc(Cl)ccc1CNC)C1CC1. The van der Waals surface area contributed by atoms with Crippen LogP contribution in [0.3, 0.4) is 0 Å². The Hall–Kier alpha value is -0.730. The van der Waals surface area contributed by atoms with Crippen LogP contribution in [0.1, 0.15) is 31.7 Å². The average molecular weight is 253 g/mol. The first-order valence-corrected chi connectivity index (χ1v) is 6.83. The van der Waals surface area contributed by atoms with Crippen molar-refractivity contribution in [2.45, 2.75) is 38.8 Å². The Labute approximate surface area is 109 Å². The fourth-order valence-electron chi connectivity index (χ4n) is 2.27. The van der Waals surface area contributed by atoms with Gasteiger partial charge in [0.25, 0.3) is 0 Å². The summed E-state index contributed by atoms with van der Waals surface area (Å²) in [5.41, 5.74) is 2.66. The van der Waals surface area contributed by atoms with Gasteiger partial charge in [-0.25, -0.2) is 0 Å². The van der Waals surface area contributed by atoms with Gasteiger partial charge in [0, 0.05) is 29.8 Å². The lowest BCUT2D eigenvalue weighted by Crippen LogP contribution is -2.28. The Balaban J connectivity index is 2.28. The minimum Gasteiger partial charge on any atom is -0.368 e. The van der Waals surface area contributed by atoms with E-state index in [4.69, 9.17) is 11.6 Å². The number of hydrogen-bond acceptors (Lipinski definition) is 2. The van der Waals surface area contributed by atoms with E-state index in [1.54, 1.807) is 0 Å². The zero-order valence-corrected chi connectivity index (χ0v) is 11.4. The van der Waals surface area contributed by atoms with Crippen molar-refractivity contribution < 1.29 is 0 Å². The molecule has 1 fully saturated rings. The first kappa shape index (κ1) is 12.7. The summed E-state index contributed by atoms with van der Waals surface area (Å²) in [5, 5.41) is 4.07. The third-order valence-electron chi connectivity index (χ3n) is 3.18. The van der Waals surface area contributed by atoms with Crippen LogP contribution in [0.5, 0.6) is 0 Å². The Bertz CT molecular complexity index is 374. The van der Waals surface area contributed by atoms with E-state index >= 15 is 0 Å². The van der Waals surface area contributed by atoms with Crippen LogP contribution in [-0.4, -0.2) is 19.6 Å². The molecule has 2 rings (SSSR count). The maximum absolute atomic E-state index is 6.14. The Morgan fingerprint density at radius 2 is 2.18 bits per heavy atom. The largest absolute Gasteiger partial charge is 0.368 e. The molecule has 0 saturated heterocycles. The van der Waals surface area contributed by atoms with Crippen molar-refractivity contribution in [3.8, 4) is 0 Å². The van der Waals surface area contributed by atoms with E-state index in [1.165, 1.54) is 30.5 Å². The monoisotopic (exact) mass is 252 g/mol. The molecule has 0 amide bonds. The van der Waals surface area contributed by atoms with Crippen LogP contribution >= 0.6 is 11.6 Å². The van der Waals surface area contributed by atoms with Gasteiger partial charge in [0.2, 0.25) is 0 Å². The number of halogens is 1. The molecular formula is C14H21ClN2. The predicted octanol–water partition coefficient (Wildman–Crippen LogP) is 3.44. The van der Waals surface area contributed by atoms with Gasteiger partial charge in [-0.3, -0.25) is 0 Å². The molecule has 0 radical (unpaired) electrons. The van der Waals surface area contributed by atoms with Crippen molar-refractivity contribution >= 4 is 17.3 Å². The lowest BCUT2D eigenvalue weighted by atomic mass is 10.1. The van der Waals surface area contributed by atoms with Gasteiger partial charge in [-0.2, -0.15) is 0 Å². The van der Waals surface area contributed by atoms with E-state index in [0.29, 0.717) is 0 Å². The van der Waals surface area contributed by atoms with Gasteiger partial charge in [-0.15, -0.1) is 0 Å². The van der Waals surface area contributed by atoms with Crippen LogP contribution < -0.4 is 10.2 Å². The highest BCUT2D eigenvalue weighted by atomic mass is 35.5. The number of hydrogen-bond donors (Lipinski definition) is 1. The maximum Gasteiger partial charge on any atom is 0.0429 e. The highest BCUT2D eigenvalue weighted by Crippen LogP contribution is 2.35. The molecule has 1 saturated carbocycles. The third kappa shape index (κ3) is 3.14. The Morgan fingerprint density at radius 3 is 2.76 bits per heavy atom. The second kappa shape index (κ2) is 5.74. The van der Waals surface area contributed by atoms with Crippen molar-refractivity contribution in [2.24, 2.45) is 0 Å². The molecule has 0 aromatic heterocycles.